The van der Waals surface area contributed by atoms with Gasteiger partial charge >= 0.3 is 47.3 Å². The molecular formula is C5H7Li. The molecule has 0 heterocycles. The molecule has 0 saturated heterocycles. The molecule has 0 aromatic carbocycles. The van der Waals surface area contributed by atoms with Gasteiger partial charge < -0.3 is 0 Å². The Morgan fingerprint density at radius 2 is 2.50 bits per heavy atom. The van der Waals surface area contributed by atoms with E-state index in [-0.39, 0.29) is 0 Å². The van der Waals surface area contributed by atoms with Gasteiger partial charge in [0, 0.05) is 0 Å². The quantitative estimate of drug-likeness (QED) is 0.379. The van der Waals surface area contributed by atoms with Crippen molar-refractivity contribution in [2.24, 2.45) is 0 Å². The zero-order valence-corrected chi connectivity index (χ0v) is 4.20. The third kappa shape index (κ3) is 0.897. The molecule has 0 fully saturated rings. The Bertz CT molecular complexity index is 74.0. The number of hydrogen-bond acceptors (Lipinski definition) is 0. The van der Waals surface area contributed by atoms with Crippen molar-refractivity contribution >= 4 is 17.7 Å². The SMILES string of the molecule is [Li][C]1=CCCC1. The molecule has 0 radical (unpaired) electrons. The van der Waals surface area contributed by atoms with Gasteiger partial charge in [-0.1, -0.05) is 0 Å². The van der Waals surface area contributed by atoms with Gasteiger partial charge in [-0.2, -0.15) is 0 Å². The van der Waals surface area contributed by atoms with E-state index in [1.807, 2.05) is 0 Å². The van der Waals surface area contributed by atoms with Crippen molar-refractivity contribution in [1.29, 1.82) is 0 Å². The van der Waals surface area contributed by atoms with Gasteiger partial charge in [-0.15, -0.1) is 0 Å². The van der Waals surface area contributed by atoms with Gasteiger partial charge in [0.15, 0.2) is 0 Å². The minimum absolute atomic E-state index is 1.33. The summed E-state index contributed by atoms with van der Waals surface area (Å²) >= 11 is 2.20. The van der Waals surface area contributed by atoms with Crippen LogP contribution in [-0.4, -0.2) is 17.7 Å². The van der Waals surface area contributed by atoms with Crippen LogP contribution in [0.5, 0.6) is 0 Å². The molecule has 0 saturated carbocycles. The number of rotatable bonds is 0. The van der Waals surface area contributed by atoms with E-state index < -0.39 is 0 Å². The van der Waals surface area contributed by atoms with Crippen LogP contribution in [0, 0.1) is 0 Å². The third-order valence-corrected chi connectivity index (χ3v) is 1.27. The molecule has 0 spiro atoms. The Balaban J connectivity index is 2.45. The van der Waals surface area contributed by atoms with Crippen molar-refractivity contribution in [3.8, 4) is 0 Å². The summed E-state index contributed by atoms with van der Waals surface area (Å²) in [6, 6.07) is 0. The molecule has 1 heteroatoms. The van der Waals surface area contributed by atoms with Crippen molar-refractivity contribution in [1.82, 2.24) is 0 Å². The summed E-state index contributed by atoms with van der Waals surface area (Å²) in [5.74, 6) is 0. The molecule has 0 unspecified atom stereocenters. The second kappa shape index (κ2) is 1.87. The molecular weight excluding hydrogens is 67.0 g/mol. The fourth-order valence-electron chi connectivity index (χ4n) is 0.831. The first-order chi connectivity index (χ1) is 2.89. The first-order valence-corrected chi connectivity index (χ1v) is 2.55. The molecule has 0 nitrogen and oxygen atoms in total. The van der Waals surface area contributed by atoms with Crippen molar-refractivity contribution in [3.63, 3.8) is 0 Å². The van der Waals surface area contributed by atoms with Gasteiger partial charge in [-0.25, -0.2) is 0 Å². The van der Waals surface area contributed by atoms with Gasteiger partial charge in [0.25, 0.3) is 0 Å². The van der Waals surface area contributed by atoms with Crippen LogP contribution < -0.4 is 0 Å². The van der Waals surface area contributed by atoms with Crippen LogP contribution in [0.15, 0.2) is 10.3 Å². The average molecular weight is 74.1 g/mol. The second-order valence-electron chi connectivity index (χ2n) is 1.94. The summed E-state index contributed by atoms with van der Waals surface area (Å²) in [6.07, 6.45) is 6.39. The van der Waals surface area contributed by atoms with Crippen LogP contribution >= 0.6 is 0 Å². The zero-order chi connectivity index (χ0) is 4.41. The summed E-state index contributed by atoms with van der Waals surface area (Å²) in [4.78, 5) is 0. The van der Waals surface area contributed by atoms with E-state index in [4.69, 9.17) is 0 Å². The summed E-state index contributed by atoms with van der Waals surface area (Å²) in [6.45, 7) is 0. The molecule has 1 aliphatic rings. The fraction of sp³-hybridized carbons (Fsp3) is 0.600. The van der Waals surface area contributed by atoms with Crippen LogP contribution in [-0.2, 0) is 0 Å². The van der Waals surface area contributed by atoms with Gasteiger partial charge in [-0.05, 0) is 0 Å². The third-order valence-electron chi connectivity index (χ3n) is 1.27. The number of hydrogen-bond donors (Lipinski definition) is 0. The summed E-state index contributed by atoms with van der Waals surface area (Å²) in [5, 5.41) is 0. The molecule has 0 aromatic rings. The van der Waals surface area contributed by atoms with Crippen molar-refractivity contribution in [2.45, 2.75) is 19.3 Å². The standard InChI is InChI=1S/C5H7.Li/c1-2-4-5-3-1;/h1H,2,4-5H2;. The van der Waals surface area contributed by atoms with E-state index in [2.05, 4.69) is 23.8 Å². The molecule has 0 bridgehead atoms. The molecule has 0 aromatic heterocycles. The van der Waals surface area contributed by atoms with Crippen LogP contribution in [0.3, 0.4) is 0 Å². The van der Waals surface area contributed by atoms with Crippen molar-refractivity contribution in [2.75, 3.05) is 0 Å². The fourth-order valence-corrected chi connectivity index (χ4v) is 0.831. The Hall–Kier alpha value is 0.337. The molecule has 1 rings (SSSR count). The average Bonchev–Trinajstić information content (AvgIpc) is 1.86. The Morgan fingerprint density at radius 3 is 2.67 bits per heavy atom. The van der Waals surface area contributed by atoms with Crippen molar-refractivity contribution < 1.29 is 0 Å². The van der Waals surface area contributed by atoms with Gasteiger partial charge in [-0.3, -0.25) is 0 Å². The molecule has 6 heavy (non-hydrogen) atoms. The Kier molecular flexibility index (Phi) is 1.40. The molecule has 0 aliphatic heterocycles. The summed E-state index contributed by atoms with van der Waals surface area (Å²) < 4.78 is 1.58. The minimum atomic E-state index is 1.33. The zero-order valence-electron chi connectivity index (χ0n) is 4.20. The maximum absolute atomic E-state index is 2.32. The van der Waals surface area contributed by atoms with E-state index in [1.165, 1.54) is 19.3 Å². The van der Waals surface area contributed by atoms with Crippen LogP contribution in [0.25, 0.3) is 0 Å². The second-order valence-corrected chi connectivity index (χ2v) is 1.94. The van der Waals surface area contributed by atoms with E-state index in [0.29, 0.717) is 0 Å². The van der Waals surface area contributed by atoms with Crippen molar-refractivity contribution in [3.05, 3.63) is 10.3 Å². The first-order valence-electron chi connectivity index (χ1n) is 2.55. The molecule has 0 atom stereocenters. The molecule has 1 aliphatic carbocycles. The van der Waals surface area contributed by atoms with Crippen LogP contribution in [0.2, 0.25) is 0 Å². The van der Waals surface area contributed by atoms with Gasteiger partial charge in [0.1, 0.15) is 0 Å². The number of allylic oxidation sites excluding steroid dienone is 2. The topological polar surface area (TPSA) is 0 Å². The van der Waals surface area contributed by atoms with Crippen LogP contribution in [0.4, 0.5) is 0 Å². The Labute approximate surface area is 47.8 Å². The van der Waals surface area contributed by atoms with E-state index in [1.54, 1.807) is 4.25 Å². The van der Waals surface area contributed by atoms with Crippen LogP contribution in [0.1, 0.15) is 19.3 Å². The monoisotopic (exact) mass is 74.1 g/mol. The molecule has 28 valence electrons. The Morgan fingerprint density at radius 1 is 1.67 bits per heavy atom. The van der Waals surface area contributed by atoms with E-state index in [9.17, 15) is 0 Å². The maximum atomic E-state index is 2.32. The van der Waals surface area contributed by atoms with Gasteiger partial charge in [0.05, 0.1) is 0 Å². The predicted molar refractivity (Wildman–Crippen MR) is 27.7 cm³/mol. The summed E-state index contributed by atoms with van der Waals surface area (Å²) in [5.41, 5.74) is 0. The van der Waals surface area contributed by atoms with E-state index >= 15 is 0 Å². The predicted octanol–water partition coefficient (Wildman–Crippen LogP) is 1.22. The summed E-state index contributed by atoms with van der Waals surface area (Å²) in [7, 11) is 0. The van der Waals surface area contributed by atoms with E-state index in [0.717, 1.165) is 0 Å². The molecule has 0 N–H and O–H groups in total. The first kappa shape index (κ1) is 4.50. The van der Waals surface area contributed by atoms with Gasteiger partial charge in [0.2, 0.25) is 0 Å². The molecule has 0 amide bonds. The normalized spacial score (nSPS) is 21.3.